The monoisotopic (exact) mass is 313 g/mol. The van der Waals surface area contributed by atoms with Crippen molar-refractivity contribution in [1.82, 2.24) is 10.1 Å². The van der Waals surface area contributed by atoms with Crippen LogP contribution >= 0.6 is 24.0 Å². The average Bonchev–Trinajstić information content (AvgIpc) is 3.09. The molecule has 0 saturated heterocycles. The van der Waals surface area contributed by atoms with Gasteiger partial charge in [0.05, 0.1) is 10.4 Å². The molecule has 6 heteroatoms. The molecule has 2 aromatic rings. The summed E-state index contributed by atoms with van der Waals surface area (Å²) in [5, 5.41) is 4.69. The zero-order valence-electron chi connectivity index (χ0n) is 11.0. The largest absolute Gasteiger partial charge is 0.338 e. The summed E-state index contributed by atoms with van der Waals surface area (Å²) in [5.41, 5.74) is 6.59. The molecule has 0 radical (unpaired) electrons. The molecule has 1 fully saturated rings. The number of benzene rings is 1. The van der Waals surface area contributed by atoms with Gasteiger partial charge in [-0.25, -0.2) is 0 Å². The van der Waals surface area contributed by atoms with Crippen molar-refractivity contribution in [1.29, 1.82) is 0 Å². The Morgan fingerprint density at radius 3 is 2.60 bits per heavy atom. The highest BCUT2D eigenvalue weighted by molar-refractivity contribution is 6.33. The topological polar surface area (TPSA) is 64.9 Å². The zero-order valence-corrected chi connectivity index (χ0v) is 12.6. The van der Waals surface area contributed by atoms with E-state index in [4.69, 9.17) is 21.9 Å². The van der Waals surface area contributed by atoms with Gasteiger partial charge in [0.1, 0.15) is 0 Å². The first-order chi connectivity index (χ1) is 9.25. The van der Waals surface area contributed by atoms with E-state index in [1.807, 2.05) is 24.3 Å². The van der Waals surface area contributed by atoms with Gasteiger partial charge in [0.25, 0.3) is 0 Å². The van der Waals surface area contributed by atoms with E-state index < -0.39 is 0 Å². The molecule has 0 spiro atoms. The predicted molar refractivity (Wildman–Crippen MR) is 81.2 cm³/mol. The first-order valence-corrected chi connectivity index (χ1v) is 6.92. The maximum atomic E-state index is 6.15. The van der Waals surface area contributed by atoms with Gasteiger partial charge in [0.15, 0.2) is 0 Å². The van der Waals surface area contributed by atoms with Crippen LogP contribution in [0.1, 0.15) is 31.6 Å². The summed E-state index contributed by atoms with van der Waals surface area (Å²) in [6.45, 7) is 0.553. The molecule has 1 heterocycles. The SMILES string of the molecule is Cl.NCC1(c2nc(-c3ccccc3Cl)no2)CCCC1. The molecule has 1 aromatic carbocycles. The molecule has 108 valence electrons. The normalized spacial score (nSPS) is 16.9. The lowest BCUT2D eigenvalue weighted by molar-refractivity contribution is 0.284. The van der Waals surface area contributed by atoms with Crippen LogP contribution in [0.5, 0.6) is 0 Å². The van der Waals surface area contributed by atoms with Crippen LogP contribution < -0.4 is 5.73 Å². The molecule has 1 aromatic heterocycles. The average molecular weight is 314 g/mol. The molecular formula is C14H17Cl2N3O. The van der Waals surface area contributed by atoms with Gasteiger partial charge in [-0.15, -0.1) is 12.4 Å². The summed E-state index contributed by atoms with van der Waals surface area (Å²) in [5.74, 6) is 1.20. The summed E-state index contributed by atoms with van der Waals surface area (Å²) >= 11 is 6.15. The minimum absolute atomic E-state index is 0. The predicted octanol–water partition coefficient (Wildman–Crippen LogP) is 3.58. The molecule has 1 saturated carbocycles. The van der Waals surface area contributed by atoms with Crippen molar-refractivity contribution < 1.29 is 4.52 Å². The highest BCUT2D eigenvalue weighted by Crippen LogP contribution is 2.40. The van der Waals surface area contributed by atoms with Crippen molar-refractivity contribution in [3.05, 3.63) is 35.2 Å². The van der Waals surface area contributed by atoms with Gasteiger partial charge in [-0.2, -0.15) is 4.98 Å². The van der Waals surface area contributed by atoms with E-state index in [-0.39, 0.29) is 17.8 Å². The van der Waals surface area contributed by atoms with E-state index >= 15 is 0 Å². The third-order valence-electron chi connectivity index (χ3n) is 3.95. The third kappa shape index (κ3) is 2.55. The highest BCUT2D eigenvalue weighted by atomic mass is 35.5. The number of hydrogen-bond acceptors (Lipinski definition) is 4. The first kappa shape index (κ1) is 15.3. The van der Waals surface area contributed by atoms with Crippen molar-refractivity contribution in [2.45, 2.75) is 31.1 Å². The van der Waals surface area contributed by atoms with Crippen molar-refractivity contribution in [2.24, 2.45) is 5.73 Å². The Hall–Kier alpha value is -1.10. The lowest BCUT2D eigenvalue weighted by atomic mass is 9.86. The van der Waals surface area contributed by atoms with E-state index in [2.05, 4.69) is 10.1 Å². The molecule has 0 unspecified atom stereocenters. The summed E-state index contributed by atoms with van der Waals surface area (Å²) in [6, 6.07) is 7.50. The number of nitrogens with zero attached hydrogens (tertiary/aromatic N) is 2. The molecule has 4 nitrogen and oxygen atoms in total. The van der Waals surface area contributed by atoms with Gasteiger partial charge in [-0.1, -0.05) is 41.7 Å². The van der Waals surface area contributed by atoms with Gasteiger partial charge in [0.2, 0.25) is 11.7 Å². The Morgan fingerprint density at radius 2 is 1.95 bits per heavy atom. The van der Waals surface area contributed by atoms with E-state index in [1.54, 1.807) is 0 Å². The van der Waals surface area contributed by atoms with Crippen molar-refractivity contribution >= 4 is 24.0 Å². The Labute approximate surface area is 129 Å². The van der Waals surface area contributed by atoms with Crippen molar-refractivity contribution in [3.63, 3.8) is 0 Å². The Balaban J connectivity index is 0.00000147. The minimum atomic E-state index is -0.132. The molecule has 3 rings (SSSR count). The number of halogens is 2. The molecule has 0 bridgehead atoms. The fourth-order valence-corrected chi connectivity index (χ4v) is 2.97. The summed E-state index contributed by atoms with van der Waals surface area (Å²) in [6.07, 6.45) is 4.38. The van der Waals surface area contributed by atoms with E-state index in [9.17, 15) is 0 Å². The number of aromatic nitrogens is 2. The number of nitrogens with two attached hydrogens (primary N) is 1. The van der Waals surface area contributed by atoms with Crippen molar-refractivity contribution in [3.8, 4) is 11.4 Å². The van der Waals surface area contributed by atoms with Crippen LogP contribution in [0, 0.1) is 0 Å². The molecule has 20 heavy (non-hydrogen) atoms. The summed E-state index contributed by atoms with van der Waals surface area (Å²) in [4.78, 5) is 4.52. The van der Waals surface area contributed by atoms with Crippen LogP contribution in [-0.2, 0) is 5.41 Å². The molecule has 1 aliphatic rings. The Morgan fingerprint density at radius 1 is 1.25 bits per heavy atom. The van der Waals surface area contributed by atoms with Gasteiger partial charge in [-0.3, -0.25) is 0 Å². The molecule has 2 N–H and O–H groups in total. The maximum absolute atomic E-state index is 6.15. The Kier molecular flexibility index (Phi) is 4.68. The fraction of sp³-hybridized carbons (Fsp3) is 0.429. The molecule has 0 atom stereocenters. The standard InChI is InChI=1S/C14H16ClN3O.ClH/c15-11-6-2-1-5-10(11)12-17-13(19-18-12)14(9-16)7-3-4-8-14;/h1-2,5-6H,3-4,7-9,16H2;1H. The maximum Gasteiger partial charge on any atom is 0.234 e. The van der Waals surface area contributed by atoms with E-state index in [0.29, 0.717) is 23.3 Å². The first-order valence-electron chi connectivity index (χ1n) is 6.54. The van der Waals surface area contributed by atoms with Crippen LogP contribution in [0.2, 0.25) is 5.02 Å². The van der Waals surface area contributed by atoms with Crippen LogP contribution in [0.15, 0.2) is 28.8 Å². The van der Waals surface area contributed by atoms with Gasteiger partial charge in [0, 0.05) is 12.1 Å². The second kappa shape index (κ2) is 6.12. The number of rotatable bonds is 3. The van der Waals surface area contributed by atoms with Gasteiger partial charge < -0.3 is 10.3 Å². The van der Waals surface area contributed by atoms with Crippen LogP contribution in [0.4, 0.5) is 0 Å². The van der Waals surface area contributed by atoms with Crippen molar-refractivity contribution in [2.75, 3.05) is 6.54 Å². The highest BCUT2D eigenvalue weighted by Gasteiger charge is 2.39. The van der Waals surface area contributed by atoms with E-state index in [0.717, 1.165) is 18.4 Å². The van der Waals surface area contributed by atoms with E-state index in [1.165, 1.54) is 12.8 Å². The van der Waals surface area contributed by atoms with Gasteiger partial charge in [-0.05, 0) is 25.0 Å². The molecule has 0 amide bonds. The molecular weight excluding hydrogens is 297 g/mol. The lowest BCUT2D eigenvalue weighted by Crippen LogP contribution is -2.32. The molecule has 1 aliphatic carbocycles. The van der Waals surface area contributed by atoms with Crippen LogP contribution in [0.25, 0.3) is 11.4 Å². The van der Waals surface area contributed by atoms with Crippen LogP contribution in [0.3, 0.4) is 0 Å². The van der Waals surface area contributed by atoms with Crippen LogP contribution in [-0.4, -0.2) is 16.7 Å². The second-order valence-electron chi connectivity index (χ2n) is 5.09. The third-order valence-corrected chi connectivity index (χ3v) is 4.28. The minimum Gasteiger partial charge on any atom is -0.338 e. The molecule has 0 aliphatic heterocycles. The summed E-state index contributed by atoms with van der Waals surface area (Å²) in [7, 11) is 0. The second-order valence-corrected chi connectivity index (χ2v) is 5.50. The smallest absolute Gasteiger partial charge is 0.234 e. The zero-order chi connectivity index (χ0) is 13.3. The lowest BCUT2D eigenvalue weighted by Gasteiger charge is -2.21. The Bertz CT molecular complexity index is 579. The number of hydrogen-bond donors (Lipinski definition) is 1. The fourth-order valence-electron chi connectivity index (χ4n) is 2.75. The van der Waals surface area contributed by atoms with Gasteiger partial charge >= 0.3 is 0 Å². The quantitative estimate of drug-likeness (QED) is 0.940. The summed E-state index contributed by atoms with van der Waals surface area (Å²) < 4.78 is 5.45.